The summed E-state index contributed by atoms with van der Waals surface area (Å²) < 4.78 is 64.8. The number of fused-ring (bicyclic) bond motifs is 1. The highest BCUT2D eigenvalue weighted by Crippen LogP contribution is 2.67. The number of rotatable bonds is 15. The van der Waals surface area contributed by atoms with Crippen LogP contribution in [0.15, 0.2) is 42.7 Å². The SMILES string of the molecule is CC(C)(C)C(=O)OCOP(=O)(OCOC(=O)C(C)(C)C)C(F)(F)c1ccc(/C=C/C(=O)N[C@H]2CCCC3CC[C@@H](C(=O)NCCc4cn[nH]c4)N3C2=O)cc1. The van der Waals surface area contributed by atoms with Gasteiger partial charge in [-0.3, -0.25) is 42.7 Å². The highest BCUT2D eigenvalue weighted by Gasteiger charge is 2.56. The molecule has 3 amide bonds. The predicted molar refractivity (Wildman–Crippen MR) is 195 cm³/mol. The number of esters is 2. The van der Waals surface area contributed by atoms with E-state index in [1.165, 1.54) is 59.8 Å². The van der Waals surface area contributed by atoms with Crippen LogP contribution in [0.2, 0.25) is 0 Å². The first kappa shape index (κ1) is 43.3. The maximum Gasteiger partial charge on any atom is 0.410 e. The van der Waals surface area contributed by atoms with Crippen molar-refractivity contribution in [2.75, 3.05) is 20.1 Å². The van der Waals surface area contributed by atoms with Gasteiger partial charge in [-0.2, -0.15) is 13.9 Å². The van der Waals surface area contributed by atoms with Gasteiger partial charge < -0.3 is 25.0 Å². The fourth-order valence-corrected chi connectivity index (χ4v) is 7.14. The molecule has 15 nitrogen and oxygen atoms in total. The molecule has 0 bridgehead atoms. The molecule has 0 radical (unpaired) electrons. The Morgan fingerprint density at radius 2 is 1.56 bits per heavy atom. The minimum atomic E-state index is -5.51. The number of H-pyrrole nitrogens is 1. The van der Waals surface area contributed by atoms with Gasteiger partial charge in [0, 0.05) is 30.4 Å². The number of amides is 3. The molecule has 4 rings (SSSR count). The van der Waals surface area contributed by atoms with Gasteiger partial charge in [-0.1, -0.05) is 24.3 Å². The second-order valence-corrected chi connectivity index (χ2v) is 17.6. The number of aromatic amines is 1. The van der Waals surface area contributed by atoms with Crippen LogP contribution < -0.4 is 10.6 Å². The van der Waals surface area contributed by atoms with Gasteiger partial charge in [0.1, 0.15) is 12.1 Å². The second kappa shape index (κ2) is 18.0. The molecular weight excluding hydrogens is 743 g/mol. The molecule has 0 aliphatic carbocycles. The Balaban J connectivity index is 1.39. The van der Waals surface area contributed by atoms with E-state index in [1.54, 1.807) is 17.3 Å². The van der Waals surface area contributed by atoms with E-state index >= 15 is 8.78 Å². The van der Waals surface area contributed by atoms with Gasteiger partial charge in [0.2, 0.25) is 31.3 Å². The molecular formula is C37H50F2N5O10P. The first-order chi connectivity index (χ1) is 25.7. The van der Waals surface area contributed by atoms with Crippen LogP contribution in [-0.2, 0) is 59.1 Å². The number of carbonyl (C=O) groups is 5. The summed E-state index contributed by atoms with van der Waals surface area (Å²) in [4.78, 5) is 65.6. The summed E-state index contributed by atoms with van der Waals surface area (Å²) in [5.74, 6) is -2.81. The average Bonchev–Trinajstić information content (AvgIpc) is 3.76. The highest BCUT2D eigenvalue weighted by atomic mass is 31.2. The van der Waals surface area contributed by atoms with Crippen molar-refractivity contribution in [1.82, 2.24) is 25.7 Å². The smallest absolute Gasteiger partial charge is 0.410 e. The third-order valence-electron chi connectivity index (χ3n) is 9.05. The maximum absolute atomic E-state index is 15.8. The fraction of sp³-hybridized carbons (Fsp3) is 0.568. The monoisotopic (exact) mass is 793 g/mol. The van der Waals surface area contributed by atoms with E-state index in [2.05, 4.69) is 20.8 Å². The molecule has 2 aliphatic rings. The molecule has 55 heavy (non-hydrogen) atoms. The van der Waals surface area contributed by atoms with E-state index in [0.29, 0.717) is 50.6 Å². The molecule has 18 heteroatoms. The number of aromatic nitrogens is 2. The first-order valence-electron chi connectivity index (χ1n) is 18.0. The van der Waals surface area contributed by atoms with Crippen molar-refractivity contribution in [2.24, 2.45) is 10.8 Å². The second-order valence-electron chi connectivity index (χ2n) is 15.5. The summed E-state index contributed by atoms with van der Waals surface area (Å²) in [5, 5.41) is 12.2. The Kier molecular flexibility index (Phi) is 14.1. The van der Waals surface area contributed by atoms with Gasteiger partial charge in [0.15, 0.2) is 0 Å². The average molecular weight is 794 g/mol. The van der Waals surface area contributed by atoms with E-state index in [4.69, 9.17) is 18.5 Å². The number of nitrogens with one attached hydrogen (secondary N) is 3. The van der Waals surface area contributed by atoms with Crippen LogP contribution in [0.25, 0.3) is 6.08 Å². The molecule has 302 valence electrons. The molecule has 2 aromatic rings. The Morgan fingerprint density at radius 1 is 0.945 bits per heavy atom. The van der Waals surface area contributed by atoms with Gasteiger partial charge in [0.05, 0.1) is 17.0 Å². The van der Waals surface area contributed by atoms with E-state index in [9.17, 15) is 28.5 Å². The number of ether oxygens (including phenoxy) is 2. The molecule has 1 aromatic carbocycles. The van der Waals surface area contributed by atoms with Crippen LogP contribution in [0.4, 0.5) is 8.78 Å². The summed E-state index contributed by atoms with van der Waals surface area (Å²) in [5.41, 5.74) is -5.88. The summed E-state index contributed by atoms with van der Waals surface area (Å²) >= 11 is 0. The number of carbonyl (C=O) groups excluding carboxylic acids is 5. The minimum Gasteiger partial charge on any atom is -0.438 e. The lowest BCUT2D eigenvalue weighted by molar-refractivity contribution is -0.163. The van der Waals surface area contributed by atoms with Gasteiger partial charge in [-0.15, -0.1) is 0 Å². The Labute approximate surface area is 318 Å². The van der Waals surface area contributed by atoms with Crippen LogP contribution in [-0.4, -0.2) is 83.0 Å². The molecule has 3 atom stereocenters. The van der Waals surface area contributed by atoms with Crippen molar-refractivity contribution in [1.29, 1.82) is 0 Å². The summed E-state index contributed by atoms with van der Waals surface area (Å²) in [6.45, 7) is 7.26. The van der Waals surface area contributed by atoms with Gasteiger partial charge >= 0.3 is 25.2 Å². The van der Waals surface area contributed by atoms with Crippen LogP contribution in [0.1, 0.15) is 90.3 Å². The quantitative estimate of drug-likeness (QED) is 0.0931. The van der Waals surface area contributed by atoms with Crippen molar-refractivity contribution in [3.05, 3.63) is 59.4 Å². The van der Waals surface area contributed by atoms with Crippen molar-refractivity contribution in [3.63, 3.8) is 0 Å². The molecule has 1 unspecified atom stereocenters. The molecule has 0 saturated carbocycles. The number of halogens is 2. The molecule has 1 aromatic heterocycles. The number of hydrogen-bond acceptors (Lipinski definition) is 11. The van der Waals surface area contributed by atoms with Crippen molar-refractivity contribution in [2.45, 2.75) is 104 Å². The lowest BCUT2D eigenvalue weighted by atomic mass is 9.98. The van der Waals surface area contributed by atoms with E-state index in [0.717, 1.165) is 23.8 Å². The third kappa shape index (κ3) is 11.3. The molecule has 2 fully saturated rings. The third-order valence-corrected chi connectivity index (χ3v) is 10.9. The van der Waals surface area contributed by atoms with E-state index < -0.39 is 73.2 Å². The van der Waals surface area contributed by atoms with E-state index in [-0.39, 0.29) is 17.9 Å². The lowest BCUT2D eigenvalue weighted by Gasteiger charge is -2.30. The Bertz CT molecular complexity index is 1720. The highest BCUT2D eigenvalue weighted by molar-refractivity contribution is 7.54. The van der Waals surface area contributed by atoms with Crippen molar-refractivity contribution >= 4 is 43.3 Å². The predicted octanol–water partition coefficient (Wildman–Crippen LogP) is 5.18. The number of benzene rings is 1. The minimum absolute atomic E-state index is 0.102. The zero-order chi connectivity index (χ0) is 40.6. The summed E-state index contributed by atoms with van der Waals surface area (Å²) in [7, 11) is -5.51. The lowest BCUT2D eigenvalue weighted by Crippen LogP contribution is -2.54. The summed E-state index contributed by atoms with van der Waals surface area (Å²) in [6.07, 6.45) is 9.46. The fourth-order valence-electron chi connectivity index (χ4n) is 5.89. The molecule has 3 heterocycles. The standard InChI is InChI=1S/C37H50F2N5O10P/c1-35(2,3)33(48)51-22-53-55(50,54-23-52-34(49)36(4,5)6)37(38,39)26-13-10-24(11-14-26)12-17-30(45)43-28-9-7-8-27-15-16-29(44(27)32(28)47)31(46)40-19-18-25-20-41-42-21-25/h10-14,17,20-21,27-29H,7-9,15-16,18-19,22-23H2,1-6H3,(H,40,46)(H,41,42)(H,43,45)/b17-12+/t27?,28-,29-/m0/s1. The normalized spacial score (nSPS) is 19.5. The largest absolute Gasteiger partial charge is 0.438 e. The topological polar surface area (TPSA) is 195 Å². The van der Waals surface area contributed by atoms with E-state index in [1.807, 2.05) is 0 Å². The number of alkyl halides is 2. The van der Waals surface area contributed by atoms with Crippen LogP contribution in [0.3, 0.4) is 0 Å². The molecule has 2 saturated heterocycles. The Morgan fingerprint density at radius 3 is 2.13 bits per heavy atom. The zero-order valence-corrected chi connectivity index (χ0v) is 32.8. The van der Waals surface area contributed by atoms with Gasteiger partial charge in [0.25, 0.3) is 0 Å². The Hall–Kier alpha value is -4.47. The van der Waals surface area contributed by atoms with Crippen molar-refractivity contribution in [3.8, 4) is 0 Å². The van der Waals surface area contributed by atoms with Crippen LogP contribution >= 0.6 is 7.60 Å². The van der Waals surface area contributed by atoms with Gasteiger partial charge in [-0.25, -0.2) is 0 Å². The number of nitrogens with zero attached hydrogens (tertiary/aromatic N) is 2. The van der Waals surface area contributed by atoms with Crippen LogP contribution in [0, 0.1) is 10.8 Å². The van der Waals surface area contributed by atoms with Crippen LogP contribution in [0.5, 0.6) is 0 Å². The van der Waals surface area contributed by atoms with Crippen molar-refractivity contribution < 1.29 is 55.8 Å². The zero-order valence-electron chi connectivity index (χ0n) is 31.9. The molecule has 0 spiro atoms. The maximum atomic E-state index is 15.8. The first-order valence-corrected chi connectivity index (χ1v) is 19.6. The number of hydrogen-bond donors (Lipinski definition) is 3. The molecule has 2 aliphatic heterocycles. The van der Waals surface area contributed by atoms with Gasteiger partial charge in [-0.05, 0) is 97.3 Å². The molecule has 3 N–H and O–H groups in total. The summed E-state index contributed by atoms with van der Waals surface area (Å²) in [6, 6.07) is 2.76.